The van der Waals surface area contributed by atoms with Crippen molar-refractivity contribution in [2.24, 2.45) is 0 Å². The number of carbonyl (C=O) groups is 1. The fraction of sp³-hybridized carbons (Fsp3) is 0.400. The molecule has 2 heterocycles. The number of aromatic nitrogens is 2. The van der Waals surface area contributed by atoms with Crippen LogP contribution in [0.3, 0.4) is 0 Å². The van der Waals surface area contributed by atoms with Crippen molar-refractivity contribution in [2.75, 3.05) is 13.1 Å². The minimum absolute atomic E-state index is 0.146. The van der Waals surface area contributed by atoms with Crippen LogP contribution in [0.2, 0.25) is 0 Å². The van der Waals surface area contributed by atoms with Crippen LogP contribution in [0.25, 0.3) is 11.0 Å². The molecule has 5 nitrogen and oxygen atoms in total. The van der Waals surface area contributed by atoms with Gasteiger partial charge in [0.15, 0.2) is 0 Å². The van der Waals surface area contributed by atoms with Crippen LogP contribution in [0.15, 0.2) is 30.5 Å². The lowest BCUT2D eigenvalue weighted by Gasteiger charge is -2.34. The van der Waals surface area contributed by atoms with E-state index in [9.17, 15) is 4.79 Å². The number of hydrogen-bond donors (Lipinski definition) is 2. The number of piperidine rings is 1. The van der Waals surface area contributed by atoms with Crippen LogP contribution in [0.4, 0.5) is 0 Å². The number of fused-ring (bicyclic) bond motifs is 1. The van der Waals surface area contributed by atoms with Crippen LogP contribution < -0.4 is 10.6 Å². The lowest BCUT2D eigenvalue weighted by Crippen LogP contribution is -2.52. The normalized spacial score (nSPS) is 17.9. The summed E-state index contributed by atoms with van der Waals surface area (Å²) >= 11 is 0. The van der Waals surface area contributed by atoms with E-state index in [1.807, 2.05) is 24.3 Å². The molecule has 0 unspecified atom stereocenters. The molecule has 0 bridgehead atoms. The van der Waals surface area contributed by atoms with E-state index in [-0.39, 0.29) is 11.4 Å². The van der Waals surface area contributed by atoms with Crippen LogP contribution >= 0.6 is 0 Å². The van der Waals surface area contributed by atoms with Crippen LogP contribution in [0.5, 0.6) is 0 Å². The van der Waals surface area contributed by atoms with Gasteiger partial charge >= 0.3 is 0 Å². The minimum atomic E-state index is -0.157. The zero-order valence-electron chi connectivity index (χ0n) is 11.5. The van der Waals surface area contributed by atoms with Crippen molar-refractivity contribution in [3.05, 3.63) is 36.2 Å². The molecule has 20 heavy (non-hydrogen) atoms. The number of carbonyl (C=O) groups excluding carboxylic acids is 1. The highest BCUT2D eigenvalue weighted by Crippen LogP contribution is 2.18. The van der Waals surface area contributed by atoms with Gasteiger partial charge in [-0.15, -0.1) is 0 Å². The summed E-state index contributed by atoms with van der Waals surface area (Å²) in [4.78, 5) is 21.0. The summed E-state index contributed by atoms with van der Waals surface area (Å²) in [7, 11) is 0. The zero-order valence-corrected chi connectivity index (χ0v) is 11.5. The molecule has 5 heteroatoms. The fourth-order valence-corrected chi connectivity index (χ4v) is 2.51. The van der Waals surface area contributed by atoms with Gasteiger partial charge in [0.05, 0.1) is 17.2 Å². The number of nitrogens with zero attached hydrogens (tertiary/aromatic N) is 2. The quantitative estimate of drug-likeness (QED) is 0.868. The van der Waals surface area contributed by atoms with E-state index in [4.69, 9.17) is 0 Å². The highest BCUT2D eigenvalue weighted by molar-refractivity contribution is 5.94. The number of nitrogens with one attached hydrogen (secondary N) is 2. The second-order valence-corrected chi connectivity index (χ2v) is 5.51. The van der Waals surface area contributed by atoms with Crippen molar-refractivity contribution in [1.29, 1.82) is 0 Å². The topological polar surface area (TPSA) is 66.9 Å². The molecule has 2 aromatic rings. The molecule has 1 aromatic carbocycles. The Bertz CT molecular complexity index is 635. The van der Waals surface area contributed by atoms with E-state index in [1.165, 1.54) is 0 Å². The molecule has 0 atom stereocenters. The maximum atomic E-state index is 12.3. The van der Waals surface area contributed by atoms with E-state index in [1.54, 1.807) is 6.20 Å². The maximum absolute atomic E-state index is 12.3. The Morgan fingerprint density at radius 3 is 2.70 bits per heavy atom. The third-order valence-electron chi connectivity index (χ3n) is 3.80. The summed E-state index contributed by atoms with van der Waals surface area (Å²) in [5, 5.41) is 6.39. The van der Waals surface area contributed by atoms with E-state index in [2.05, 4.69) is 27.5 Å². The summed E-state index contributed by atoms with van der Waals surface area (Å²) in [6, 6.07) is 7.56. The summed E-state index contributed by atoms with van der Waals surface area (Å²) in [6.45, 7) is 3.95. The molecule has 3 rings (SSSR count). The number of hydrogen-bond acceptors (Lipinski definition) is 4. The molecule has 1 aromatic heterocycles. The lowest BCUT2D eigenvalue weighted by atomic mass is 9.90. The Hall–Kier alpha value is -2.01. The fourth-order valence-electron chi connectivity index (χ4n) is 2.51. The third kappa shape index (κ3) is 2.63. The SMILES string of the molecule is CC1(NC(=O)c2cnc3ccccc3n2)CCNCC1. The second-order valence-electron chi connectivity index (χ2n) is 5.51. The van der Waals surface area contributed by atoms with Gasteiger partial charge in [-0.3, -0.25) is 9.78 Å². The minimum Gasteiger partial charge on any atom is -0.345 e. The molecule has 0 radical (unpaired) electrons. The monoisotopic (exact) mass is 270 g/mol. The van der Waals surface area contributed by atoms with Gasteiger partial charge in [0.1, 0.15) is 5.69 Å². The molecule has 2 N–H and O–H groups in total. The van der Waals surface area contributed by atoms with Crippen molar-refractivity contribution in [1.82, 2.24) is 20.6 Å². The summed E-state index contributed by atoms with van der Waals surface area (Å²) < 4.78 is 0. The van der Waals surface area contributed by atoms with Crippen LogP contribution in [-0.2, 0) is 0 Å². The molecule has 1 amide bonds. The first-order valence-electron chi connectivity index (χ1n) is 6.91. The van der Waals surface area contributed by atoms with Crippen LogP contribution in [0.1, 0.15) is 30.3 Å². The number of rotatable bonds is 2. The lowest BCUT2D eigenvalue weighted by molar-refractivity contribution is 0.0882. The number of benzene rings is 1. The highest BCUT2D eigenvalue weighted by atomic mass is 16.2. The predicted molar refractivity (Wildman–Crippen MR) is 77.5 cm³/mol. The molecule has 1 aliphatic heterocycles. The molecule has 1 fully saturated rings. The molecule has 0 saturated carbocycles. The molecule has 0 aliphatic carbocycles. The van der Waals surface area contributed by atoms with Gasteiger partial charge in [-0.2, -0.15) is 0 Å². The average molecular weight is 270 g/mol. The second kappa shape index (κ2) is 5.17. The molecule has 0 spiro atoms. The molecular weight excluding hydrogens is 252 g/mol. The van der Waals surface area contributed by atoms with Crippen molar-refractivity contribution in [3.63, 3.8) is 0 Å². The van der Waals surface area contributed by atoms with E-state index >= 15 is 0 Å². The predicted octanol–water partition coefficient (Wildman–Crippen LogP) is 1.50. The number of para-hydroxylation sites is 2. The van der Waals surface area contributed by atoms with Gasteiger partial charge in [-0.25, -0.2) is 4.98 Å². The van der Waals surface area contributed by atoms with Gasteiger partial charge in [-0.05, 0) is 45.0 Å². The van der Waals surface area contributed by atoms with E-state index in [0.717, 1.165) is 37.0 Å². The van der Waals surface area contributed by atoms with Crippen molar-refractivity contribution < 1.29 is 4.79 Å². The standard InChI is InChI=1S/C15H18N4O/c1-15(6-8-16-9-7-15)19-14(20)13-10-17-11-4-2-3-5-12(11)18-13/h2-5,10,16H,6-9H2,1H3,(H,19,20). The van der Waals surface area contributed by atoms with E-state index < -0.39 is 0 Å². The number of amides is 1. The molecule has 1 aliphatic rings. The Labute approximate surface area is 117 Å². The Balaban J connectivity index is 1.81. The maximum Gasteiger partial charge on any atom is 0.271 e. The van der Waals surface area contributed by atoms with E-state index in [0.29, 0.717) is 5.69 Å². The smallest absolute Gasteiger partial charge is 0.271 e. The van der Waals surface area contributed by atoms with Gasteiger partial charge in [-0.1, -0.05) is 12.1 Å². The Morgan fingerprint density at radius 2 is 1.95 bits per heavy atom. The first-order valence-corrected chi connectivity index (χ1v) is 6.91. The highest BCUT2D eigenvalue weighted by Gasteiger charge is 2.29. The summed E-state index contributed by atoms with van der Waals surface area (Å²) in [5.74, 6) is -0.146. The first-order chi connectivity index (χ1) is 9.66. The first kappa shape index (κ1) is 13.0. The van der Waals surface area contributed by atoms with Crippen LogP contribution in [-0.4, -0.2) is 34.5 Å². The van der Waals surface area contributed by atoms with Crippen molar-refractivity contribution >= 4 is 16.9 Å². The third-order valence-corrected chi connectivity index (χ3v) is 3.80. The molecular formula is C15H18N4O. The van der Waals surface area contributed by atoms with Crippen molar-refractivity contribution in [2.45, 2.75) is 25.3 Å². The van der Waals surface area contributed by atoms with Gasteiger partial charge < -0.3 is 10.6 Å². The summed E-state index contributed by atoms with van der Waals surface area (Å²) in [5.41, 5.74) is 1.77. The molecule has 1 saturated heterocycles. The van der Waals surface area contributed by atoms with Gasteiger partial charge in [0.2, 0.25) is 0 Å². The Kier molecular flexibility index (Phi) is 3.36. The van der Waals surface area contributed by atoms with Crippen LogP contribution in [0, 0.1) is 0 Å². The largest absolute Gasteiger partial charge is 0.345 e. The van der Waals surface area contributed by atoms with Gasteiger partial charge in [0.25, 0.3) is 5.91 Å². The Morgan fingerprint density at radius 1 is 1.25 bits per heavy atom. The molecule has 104 valence electrons. The van der Waals surface area contributed by atoms with Crippen molar-refractivity contribution in [3.8, 4) is 0 Å². The summed E-state index contributed by atoms with van der Waals surface area (Å²) in [6.07, 6.45) is 3.40. The zero-order chi connectivity index (χ0) is 14.0. The average Bonchev–Trinajstić information content (AvgIpc) is 2.47. The van der Waals surface area contributed by atoms with Gasteiger partial charge in [0, 0.05) is 5.54 Å².